The summed E-state index contributed by atoms with van der Waals surface area (Å²) in [6, 6.07) is 64.2. The number of furan rings is 2. The van der Waals surface area contributed by atoms with Gasteiger partial charge < -0.3 is 18.6 Å². The third-order valence-electron chi connectivity index (χ3n) is 12.7. The molecule has 0 N–H and O–H groups in total. The maximum absolute atomic E-state index is 6.35. The summed E-state index contributed by atoms with van der Waals surface area (Å²) in [5.41, 5.74) is 19.7. The molecule has 8 aromatic carbocycles. The molecule has 0 radical (unpaired) electrons. The zero-order chi connectivity index (χ0) is 38.6. The number of allylic oxidation sites excluding steroid dienone is 1. The lowest BCUT2D eigenvalue weighted by Gasteiger charge is -2.45. The minimum atomic E-state index is -0.0277. The number of fused-ring (bicyclic) bond motifs is 10. The molecule has 0 bridgehead atoms. The van der Waals surface area contributed by atoms with Crippen molar-refractivity contribution in [2.75, 3.05) is 9.80 Å². The number of hydrogen-bond donors (Lipinski definition) is 0. The first-order valence-electron chi connectivity index (χ1n) is 20.5. The van der Waals surface area contributed by atoms with Crippen molar-refractivity contribution in [3.8, 4) is 22.3 Å². The van der Waals surface area contributed by atoms with Gasteiger partial charge >= 0.3 is 0 Å². The van der Waals surface area contributed by atoms with E-state index >= 15 is 0 Å². The van der Waals surface area contributed by atoms with Gasteiger partial charge in [-0.25, -0.2) is 0 Å². The van der Waals surface area contributed by atoms with Gasteiger partial charge in [0.1, 0.15) is 22.5 Å². The van der Waals surface area contributed by atoms with Crippen molar-refractivity contribution in [1.82, 2.24) is 0 Å². The molecule has 59 heavy (non-hydrogen) atoms. The summed E-state index contributed by atoms with van der Waals surface area (Å²) in [7, 11) is 0. The van der Waals surface area contributed by atoms with Gasteiger partial charge in [0.15, 0.2) is 0 Å². The van der Waals surface area contributed by atoms with Gasteiger partial charge in [-0.2, -0.15) is 0 Å². The Morgan fingerprint density at radius 2 is 1.02 bits per heavy atom. The van der Waals surface area contributed by atoms with E-state index in [0.717, 1.165) is 63.1 Å². The highest BCUT2D eigenvalue weighted by Gasteiger charge is 2.44. The standard InChI is InChI=1S/C54H35BN2O2/c1-3-14-36(15-4-1)56-46-24-13-25-47-52(46)55(44-22-11-20-38(53(44)56)34-28-30-50-42(32-34)40-18-7-9-26-48(40)58-50)45-23-12-21-39(54(45)57(47)37-16-5-2-6-17-37)35-29-31-51-43(33-35)41-19-8-10-27-49(41)59-51/h1-7,9-18,20-33H,8,19H2. The van der Waals surface area contributed by atoms with Crippen molar-refractivity contribution in [2.24, 2.45) is 0 Å². The summed E-state index contributed by atoms with van der Waals surface area (Å²) in [6.45, 7) is -0.0277. The van der Waals surface area contributed by atoms with E-state index in [0.29, 0.717) is 0 Å². The van der Waals surface area contributed by atoms with Crippen LogP contribution < -0.4 is 26.2 Å². The average molecular weight is 755 g/mol. The molecule has 4 heterocycles. The Hall–Kier alpha value is -7.50. The number of aryl methyl sites for hydroxylation is 1. The van der Waals surface area contributed by atoms with E-state index in [1.165, 1.54) is 66.8 Å². The molecule has 2 aliphatic heterocycles. The molecule has 0 amide bonds. The van der Waals surface area contributed by atoms with Gasteiger partial charge in [-0.3, -0.25) is 0 Å². The highest BCUT2D eigenvalue weighted by molar-refractivity contribution is 7.00. The van der Waals surface area contributed by atoms with E-state index in [1.54, 1.807) is 0 Å². The van der Waals surface area contributed by atoms with Crippen LogP contribution in [0.5, 0.6) is 0 Å². The largest absolute Gasteiger partial charge is 0.456 e. The van der Waals surface area contributed by atoms with E-state index in [1.807, 2.05) is 6.07 Å². The van der Waals surface area contributed by atoms with Crippen LogP contribution in [0.15, 0.2) is 191 Å². The van der Waals surface area contributed by atoms with Gasteiger partial charge in [0.2, 0.25) is 0 Å². The quantitative estimate of drug-likeness (QED) is 0.168. The molecule has 2 aromatic heterocycles. The van der Waals surface area contributed by atoms with Gasteiger partial charge in [-0.15, -0.1) is 0 Å². The van der Waals surface area contributed by atoms with Crippen LogP contribution in [0.3, 0.4) is 0 Å². The molecular formula is C54H35BN2O2. The Morgan fingerprint density at radius 3 is 1.68 bits per heavy atom. The molecule has 0 saturated carbocycles. The smallest absolute Gasteiger partial charge is 0.252 e. The van der Waals surface area contributed by atoms with E-state index in [2.05, 4.69) is 192 Å². The van der Waals surface area contributed by atoms with Crippen LogP contribution in [-0.2, 0) is 6.42 Å². The zero-order valence-electron chi connectivity index (χ0n) is 32.1. The average Bonchev–Trinajstić information content (AvgIpc) is 3.87. The van der Waals surface area contributed by atoms with Crippen LogP contribution >= 0.6 is 0 Å². The Kier molecular flexibility index (Phi) is 6.90. The number of nitrogens with zero attached hydrogens (tertiary/aromatic N) is 2. The Bertz CT molecular complexity index is 3360. The normalized spacial score (nSPS) is 13.8. The second-order valence-corrected chi connectivity index (χ2v) is 15.9. The van der Waals surface area contributed by atoms with Crippen LogP contribution in [0.1, 0.15) is 17.7 Å². The van der Waals surface area contributed by atoms with E-state index in [9.17, 15) is 0 Å². The van der Waals surface area contributed by atoms with Crippen LogP contribution in [-0.4, -0.2) is 6.71 Å². The summed E-state index contributed by atoms with van der Waals surface area (Å²) in [5.74, 6) is 0.989. The molecule has 5 heteroatoms. The summed E-state index contributed by atoms with van der Waals surface area (Å²) >= 11 is 0. The maximum Gasteiger partial charge on any atom is 0.252 e. The van der Waals surface area contributed by atoms with E-state index in [4.69, 9.17) is 8.83 Å². The van der Waals surface area contributed by atoms with Crippen molar-refractivity contribution >= 4 is 96.2 Å². The molecule has 276 valence electrons. The van der Waals surface area contributed by atoms with E-state index < -0.39 is 0 Å². The lowest BCUT2D eigenvalue weighted by atomic mass is 9.33. The minimum absolute atomic E-state index is 0.0277. The lowest BCUT2D eigenvalue weighted by Crippen LogP contribution is -2.61. The van der Waals surface area contributed by atoms with Crippen molar-refractivity contribution in [2.45, 2.75) is 12.8 Å². The predicted octanol–water partition coefficient (Wildman–Crippen LogP) is 12.7. The summed E-state index contributed by atoms with van der Waals surface area (Å²) in [6.07, 6.45) is 6.37. The van der Waals surface area contributed by atoms with Gasteiger partial charge in [-0.1, -0.05) is 115 Å². The summed E-state index contributed by atoms with van der Waals surface area (Å²) in [4.78, 5) is 5.01. The number of para-hydroxylation sites is 5. The van der Waals surface area contributed by atoms with Crippen LogP contribution in [0, 0.1) is 0 Å². The fourth-order valence-electron chi connectivity index (χ4n) is 10.2. The molecule has 13 rings (SSSR count). The van der Waals surface area contributed by atoms with Crippen molar-refractivity contribution < 1.29 is 8.83 Å². The molecule has 3 aliphatic rings. The van der Waals surface area contributed by atoms with Gasteiger partial charge in [0, 0.05) is 67.0 Å². The Morgan fingerprint density at radius 1 is 0.458 bits per heavy atom. The summed E-state index contributed by atoms with van der Waals surface area (Å²) < 4.78 is 12.7. The monoisotopic (exact) mass is 754 g/mol. The van der Waals surface area contributed by atoms with Crippen LogP contribution in [0.4, 0.5) is 34.1 Å². The molecule has 0 spiro atoms. The first-order valence-corrected chi connectivity index (χ1v) is 20.5. The van der Waals surface area contributed by atoms with Gasteiger partial charge in [0.25, 0.3) is 6.71 Å². The molecule has 1 aliphatic carbocycles. The number of benzene rings is 8. The first kappa shape index (κ1) is 32.6. The van der Waals surface area contributed by atoms with Crippen LogP contribution in [0.25, 0.3) is 61.2 Å². The van der Waals surface area contributed by atoms with Crippen molar-refractivity contribution in [3.05, 3.63) is 193 Å². The molecule has 10 aromatic rings. The predicted molar refractivity (Wildman–Crippen MR) is 246 cm³/mol. The van der Waals surface area contributed by atoms with Crippen LogP contribution in [0.2, 0.25) is 0 Å². The third-order valence-corrected chi connectivity index (χ3v) is 12.7. The molecule has 0 atom stereocenters. The van der Waals surface area contributed by atoms with Crippen molar-refractivity contribution in [3.63, 3.8) is 0 Å². The SMILES string of the molecule is C1=Cc2oc3ccc(-c4cccc5c4N(c4ccccc4)c4cccc6c4B5c4cccc(-c5ccc7oc8ccccc8c7c5)c4N6c4ccccc4)cc3c2CC1. The number of hydrogen-bond acceptors (Lipinski definition) is 4. The lowest BCUT2D eigenvalue weighted by molar-refractivity contribution is 0.595. The minimum Gasteiger partial charge on any atom is -0.456 e. The fourth-order valence-corrected chi connectivity index (χ4v) is 10.2. The van der Waals surface area contributed by atoms with E-state index in [-0.39, 0.29) is 6.71 Å². The molecule has 0 saturated heterocycles. The molecule has 0 fully saturated rings. The topological polar surface area (TPSA) is 32.8 Å². The fraction of sp³-hybridized carbons (Fsp3) is 0.0370. The van der Waals surface area contributed by atoms with Gasteiger partial charge in [-0.05, 0) is 113 Å². The number of rotatable bonds is 4. The summed E-state index contributed by atoms with van der Waals surface area (Å²) in [5, 5.41) is 3.46. The third kappa shape index (κ3) is 4.73. The Balaban J connectivity index is 1.10. The maximum atomic E-state index is 6.35. The highest BCUT2D eigenvalue weighted by atomic mass is 16.3. The zero-order valence-corrected chi connectivity index (χ0v) is 32.1. The second-order valence-electron chi connectivity index (χ2n) is 15.9. The molecule has 0 unspecified atom stereocenters. The van der Waals surface area contributed by atoms with Crippen molar-refractivity contribution in [1.29, 1.82) is 0 Å². The Labute approximate surface area is 342 Å². The molecule has 4 nitrogen and oxygen atoms in total. The highest BCUT2D eigenvalue weighted by Crippen LogP contribution is 2.49. The van der Waals surface area contributed by atoms with Gasteiger partial charge in [0.05, 0.1) is 0 Å². The number of anilines is 6. The molecular weight excluding hydrogens is 719 g/mol. The first-order chi connectivity index (χ1) is 29.3. The second kappa shape index (κ2) is 12.5.